The van der Waals surface area contributed by atoms with Gasteiger partial charge in [0.15, 0.2) is 17.3 Å². The summed E-state index contributed by atoms with van der Waals surface area (Å²) in [5, 5.41) is 1.14. The maximum Gasteiger partial charge on any atom is 0.325 e. The molecule has 0 N–H and O–H groups in total. The quantitative estimate of drug-likeness (QED) is 0.274. The minimum Gasteiger partial charge on any atom is -0.493 e. The van der Waals surface area contributed by atoms with Gasteiger partial charge in [-0.1, -0.05) is 31.4 Å². The van der Waals surface area contributed by atoms with Crippen LogP contribution in [0, 0.1) is 5.82 Å². The number of carbonyl (C=O) groups excluding carboxylic acids is 2. The first kappa shape index (κ1) is 29.5. The number of methoxy groups -OCH3 is 1. The second-order valence-corrected chi connectivity index (χ2v) is 10.7. The largest absolute Gasteiger partial charge is 0.493 e. The first-order chi connectivity index (χ1) is 19.2. The Morgan fingerprint density at radius 1 is 1.25 bits per heavy atom. The van der Waals surface area contributed by atoms with Crippen LogP contribution >= 0.6 is 11.6 Å². The average molecular weight is 574 g/mol. The molecule has 2 aromatic heterocycles. The first-order valence-corrected chi connectivity index (χ1v) is 13.9. The van der Waals surface area contributed by atoms with E-state index in [2.05, 4.69) is 11.9 Å². The van der Waals surface area contributed by atoms with Gasteiger partial charge < -0.3 is 23.8 Å². The standard InChI is InChI=1S/C29H37ClFN5O4/c1-6-7-8-13-40-25-15-23(22(31)14-24(25)39-5)35-12-10-19(2)36(29(35)38)16-20-9-11-32-28-27(20)21(30)17-34(28)18-26(37)33(3)4/h9,11,14-15,17,19H,6-8,10,12-13,16,18H2,1-5H3/t19-/m0/s1. The fraction of sp³-hybridized carbons (Fsp3) is 0.483. The zero-order valence-electron chi connectivity index (χ0n) is 23.7. The molecule has 0 aliphatic carbocycles. The highest BCUT2D eigenvalue weighted by molar-refractivity contribution is 6.35. The van der Waals surface area contributed by atoms with Gasteiger partial charge in [0.1, 0.15) is 12.2 Å². The van der Waals surface area contributed by atoms with Crippen LogP contribution in [0.25, 0.3) is 11.0 Å². The van der Waals surface area contributed by atoms with Crippen LogP contribution in [0.3, 0.4) is 0 Å². The van der Waals surface area contributed by atoms with Crippen molar-refractivity contribution in [3.05, 3.63) is 47.0 Å². The summed E-state index contributed by atoms with van der Waals surface area (Å²) in [6.45, 7) is 5.27. The lowest BCUT2D eigenvalue weighted by Gasteiger charge is -2.40. The van der Waals surface area contributed by atoms with Crippen molar-refractivity contribution in [2.75, 3.05) is 39.3 Å². The van der Waals surface area contributed by atoms with Crippen LogP contribution in [-0.4, -0.2) is 71.7 Å². The fourth-order valence-corrected chi connectivity index (χ4v) is 5.17. The number of amides is 3. The predicted octanol–water partition coefficient (Wildman–Crippen LogP) is 5.72. The summed E-state index contributed by atoms with van der Waals surface area (Å²) in [5.41, 5.74) is 1.51. The van der Waals surface area contributed by atoms with Gasteiger partial charge in [0, 0.05) is 63.1 Å². The van der Waals surface area contributed by atoms with Crippen molar-refractivity contribution in [1.29, 1.82) is 0 Å². The lowest BCUT2D eigenvalue weighted by Crippen LogP contribution is -2.53. The molecule has 1 aliphatic heterocycles. The Labute approximate surface area is 239 Å². The van der Waals surface area contributed by atoms with Crippen LogP contribution < -0.4 is 14.4 Å². The van der Waals surface area contributed by atoms with E-state index < -0.39 is 5.82 Å². The van der Waals surface area contributed by atoms with Crippen molar-refractivity contribution in [3.63, 3.8) is 0 Å². The van der Waals surface area contributed by atoms with E-state index in [4.69, 9.17) is 21.1 Å². The number of benzene rings is 1. The Kier molecular flexibility index (Phi) is 9.40. The predicted molar refractivity (Wildman–Crippen MR) is 154 cm³/mol. The van der Waals surface area contributed by atoms with Crippen molar-refractivity contribution in [1.82, 2.24) is 19.4 Å². The molecule has 4 rings (SSSR count). The van der Waals surface area contributed by atoms with Crippen molar-refractivity contribution in [2.45, 2.75) is 58.7 Å². The summed E-state index contributed by atoms with van der Waals surface area (Å²) in [6.07, 6.45) is 6.92. The Bertz CT molecular complexity index is 1380. The molecule has 1 aliphatic rings. The molecule has 40 heavy (non-hydrogen) atoms. The highest BCUT2D eigenvalue weighted by atomic mass is 35.5. The van der Waals surface area contributed by atoms with Crippen molar-refractivity contribution in [3.8, 4) is 11.5 Å². The number of hydrogen-bond acceptors (Lipinski definition) is 5. The molecule has 0 bridgehead atoms. The number of anilines is 1. The number of carbonyl (C=O) groups is 2. The molecule has 11 heteroatoms. The van der Waals surface area contributed by atoms with Gasteiger partial charge in [-0.15, -0.1) is 0 Å². The Hall–Kier alpha value is -3.53. The molecular formula is C29H37ClFN5O4. The zero-order valence-corrected chi connectivity index (χ0v) is 24.5. The maximum absolute atomic E-state index is 15.3. The van der Waals surface area contributed by atoms with E-state index in [1.165, 1.54) is 23.0 Å². The van der Waals surface area contributed by atoms with Gasteiger partial charge in [-0.2, -0.15) is 0 Å². The van der Waals surface area contributed by atoms with Crippen LogP contribution in [-0.2, 0) is 17.9 Å². The normalized spacial score (nSPS) is 15.6. The molecule has 1 fully saturated rings. The van der Waals surface area contributed by atoms with E-state index in [1.807, 2.05) is 13.0 Å². The summed E-state index contributed by atoms with van der Waals surface area (Å²) in [4.78, 5) is 35.3. The lowest BCUT2D eigenvalue weighted by molar-refractivity contribution is -0.129. The summed E-state index contributed by atoms with van der Waals surface area (Å²) in [5.74, 6) is 0.0480. The Morgan fingerprint density at radius 3 is 2.73 bits per heavy atom. The highest BCUT2D eigenvalue weighted by Gasteiger charge is 2.34. The molecule has 1 atom stereocenters. The minimum absolute atomic E-state index is 0.0887. The van der Waals surface area contributed by atoms with Gasteiger partial charge in [0.05, 0.1) is 24.4 Å². The van der Waals surface area contributed by atoms with Gasteiger partial charge in [-0.25, -0.2) is 14.2 Å². The summed E-state index contributed by atoms with van der Waals surface area (Å²) in [7, 11) is 4.85. The number of nitrogens with zero attached hydrogens (tertiary/aromatic N) is 5. The number of urea groups is 1. The van der Waals surface area contributed by atoms with Gasteiger partial charge >= 0.3 is 6.03 Å². The summed E-state index contributed by atoms with van der Waals surface area (Å²) in [6, 6.07) is 4.23. The smallest absolute Gasteiger partial charge is 0.325 e. The van der Waals surface area contributed by atoms with E-state index in [-0.39, 0.29) is 36.8 Å². The number of fused-ring (bicyclic) bond motifs is 1. The van der Waals surface area contributed by atoms with E-state index in [9.17, 15) is 9.59 Å². The molecule has 3 heterocycles. The molecule has 0 saturated carbocycles. The molecule has 0 radical (unpaired) electrons. The van der Waals surface area contributed by atoms with Gasteiger partial charge in [-0.3, -0.25) is 9.69 Å². The third-order valence-corrected chi connectivity index (χ3v) is 7.54. The number of rotatable bonds is 11. The first-order valence-electron chi connectivity index (χ1n) is 13.6. The monoisotopic (exact) mass is 573 g/mol. The maximum atomic E-state index is 15.3. The zero-order chi connectivity index (χ0) is 29.0. The number of ether oxygens (including phenoxy) is 2. The Balaban J connectivity index is 1.62. The number of likely N-dealkylation sites (N-methyl/N-ethyl adjacent to an activating group) is 1. The van der Waals surface area contributed by atoms with Crippen LogP contribution in [0.4, 0.5) is 14.9 Å². The number of unbranched alkanes of at least 4 members (excludes halogenated alkanes) is 2. The fourth-order valence-electron chi connectivity index (χ4n) is 4.85. The molecular weight excluding hydrogens is 537 g/mol. The number of hydrogen-bond donors (Lipinski definition) is 0. The molecule has 1 saturated heterocycles. The third-order valence-electron chi connectivity index (χ3n) is 7.25. The van der Waals surface area contributed by atoms with Crippen LogP contribution in [0.1, 0.15) is 45.1 Å². The number of pyridine rings is 1. The number of aromatic nitrogens is 2. The van der Waals surface area contributed by atoms with Gasteiger partial charge in [-0.05, 0) is 31.4 Å². The Morgan fingerprint density at radius 2 is 2.02 bits per heavy atom. The number of halogens is 2. The average Bonchev–Trinajstić information content (AvgIpc) is 3.25. The van der Waals surface area contributed by atoms with Crippen LogP contribution in [0.15, 0.2) is 30.6 Å². The summed E-state index contributed by atoms with van der Waals surface area (Å²) < 4.78 is 28.2. The molecule has 3 aromatic rings. The molecule has 216 valence electrons. The van der Waals surface area contributed by atoms with Crippen molar-refractivity contribution < 1.29 is 23.5 Å². The summed E-state index contributed by atoms with van der Waals surface area (Å²) >= 11 is 6.61. The SMILES string of the molecule is CCCCCOc1cc(N2CC[C@H](C)N(Cc3ccnc4c3c(Cl)cn4CC(=O)N(C)C)C2=O)c(F)cc1OC. The second kappa shape index (κ2) is 12.8. The lowest BCUT2D eigenvalue weighted by atomic mass is 10.1. The van der Waals surface area contributed by atoms with Crippen molar-refractivity contribution in [2.24, 2.45) is 0 Å². The third kappa shape index (κ3) is 6.11. The molecule has 3 amide bonds. The molecule has 1 aromatic carbocycles. The highest BCUT2D eigenvalue weighted by Crippen LogP contribution is 2.37. The molecule has 9 nitrogen and oxygen atoms in total. The second-order valence-electron chi connectivity index (χ2n) is 10.3. The minimum atomic E-state index is -0.558. The van der Waals surface area contributed by atoms with Crippen molar-refractivity contribution >= 4 is 40.3 Å². The van der Waals surface area contributed by atoms with E-state index in [0.717, 1.165) is 24.8 Å². The molecule has 0 unspecified atom stereocenters. The topological polar surface area (TPSA) is 80.1 Å². The van der Waals surface area contributed by atoms with Gasteiger partial charge in [0.2, 0.25) is 5.91 Å². The van der Waals surface area contributed by atoms with E-state index >= 15 is 4.39 Å². The van der Waals surface area contributed by atoms with E-state index in [0.29, 0.717) is 47.1 Å². The molecule has 0 spiro atoms. The van der Waals surface area contributed by atoms with Crippen LogP contribution in [0.5, 0.6) is 11.5 Å². The van der Waals surface area contributed by atoms with E-state index in [1.54, 1.807) is 42.0 Å². The van der Waals surface area contributed by atoms with Gasteiger partial charge in [0.25, 0.3) is 0 Å². The van der Waals surface area contributed by atoms with Crippen LogP contribution in [0.2, 0.25) is 5.02 Å².